The number of alkyl halides is 3. The number of nitrogens with zero attached hydrogens (tertiary/aromatic N) is 3. The van der Waals surface area contributed by atoms with Crippen molar-refractivity contribution in [2.45, 2.75) is 32.0 Å². The molecule has 1 fully saturated rings. The molecule has 1 saturated heterocycles. The Morgan fingerprint density at radius 2 is 2.00 bits per heavy atom. The number of aryl methyl sites for hydroxylation is 2. The molecule has 0 N–H and O–H groups in total. The molecule has 24 heavy (non-hydrogen) atoms. The van der Waals surface area contributed by atoms with Crippen LogP contribution < -0.4 is 0 Å². The summed E-state index contributed by atoms with van der Waals surface area (Å²) >= 11 is 0. The molecule has 128 valence electrons. The van der Waals surface area contributed by atoms with Crippen LogP contribution in [0.2, 0.25) is 0 Å². The van der Waals surface area contributed by atoms with Gasteiger partial charge in [0, 0.05) is 19.7 Å². The SMILES string of the molecule is Cc1ccccc1C1CCCN1C(=O)c1cc(C(F)(F)F)nn1C. The van der Waals surface area contributed by atoms with Crippen LogP contribution in [0.15, 0.2) is 30.3 Å². The van der Waals surface area contributed by atoms with Crippen LogP contribution in [0.1, 0.15) is 46.2 Å². The largest absolute Gasteiger partial charge is 0.435 e. The van der Waals surface area contributed by atoms with Gasteiger partial charge < -0.3 is 4.90 Å². The lowest BCUT2D eigenvalue weighted by Gasteiger charge is -2.26. The summed E-state index contributed by atoms with van der Waals surface area (Å²) in [5.74, 6) is -0.411. The predicted molar refractivity (Wildman–Crippen MR) is 82.4 cm³/mol. The van der Waals surface area contributed by atoms with Crippen LogP contribution >= 0.6 is 0 Å². The fourth-order valence-corrected chi connectivity index (χ4v) is 3.25. The summed E-state index contributed by atoms with van der Waals surface area (Å²) < 4.78 is 39.5. The molecule has 0 radical (unpaired) electrons. The Labute approximate surface area is 137 Å². The fraction of sp³-hybridized carbons (Fsp3) is 0.412. The summed E-state index contributed by atoms with van der Waals surface area (Å²) in [7, 11) is 1.36. The van der Waals surface area contributed by atoms with Gasteiger partial charge in [-0.25, -0.2) is 0 Å². The molecule has 7 heteroatoms. The summed E-state index contributed by atoms with van der Waals surface area (Å²) in [6.07, 6.45) is -2.92. The van der Waals surface area contributed by atoms with Crippen molar-refractivity contribution in [3.8, 4) is 0 Å². The van der Waals surface area contributed by atoms with Gasteiger partial charge in [0.25, 0.3) is 5.91 Å². The van der Waals surface area contributed by atoms with Crippen molar-refractivity contribution in [1.29, 1.82) is 0 Å². The van der Waals surface area contributed by atoms with E-state index in [-0.39, 0.29) is 11.7 Å². The molecule has 1 aliphatic heterocycles. The molecule has 1 aliphatic rings. The number of carbonyl (C=O) groups excluding carboxylic acids is 1. The second-order valence-electron chi connectivity index (χ2n) is 6.05. The Morgan fingerprint density at radius 3 is 2.62 bits per heavy atom. The number of benzene rings is 1. The van der Waals surface area contributed by atoms with E-state index in [1.165, 1.54) is 7.05 Å². The minimum Gasteiger partial charge on any atom is -0.330 e. The standard InChI is InChI=1S/C17H18F3N3O/c1-11-6-3-4-7-12(11)13-8-5-9-23(13)16(24)14-10-15(17(18,19)20)21-22(14)2/h3-4,6-7,10,13H,5,8-9H2,1-2H3. The van der Waals surface area contributed by atoms with Crippen molar-refractivity contribution in [3.05, 3.63) is 52.8 Å². The van der Waals surface area contributed by atoms with Crippen molar-refractivity contribution in [2.75, 3.05) is 6.54 Å². The maximum absolute atomic E-state index is 12.8. The van der Waals surface area contributed by atoms with Crippen LogP contribution in [-0.2, 0) is 13.2 Å². The van der Waals surface area contributed by atoms with Gasteiger partial charge in [0.15, 0.2) is 5.69 Å². The third kappa shape index (κ3) is 2.90. The van der Waals surface area contributed by atoms with E-state index in [2.05, 4.69) is 5.10 Å². The molecular formula is C17H18F3N3O. The molecule has 1 unspecified atom stereocenters. The molecule has 2 aromatic rings. The molecule has 4 nitrogen and oxygen atoms in total. The van der Waals surface area contributed by atoms with E-state index in [9.17, 15) is 18.0 Å². The molecule has 2 heterocycles. The van der Waals surface area contributed by atoms with Crippen molar-refractivity contribution in [1.82, 2.24) is 14.7 Å². The second-order valence-corrected chi connectivity index (χ2v) is 6.05. The average molecular weight is 337 g/mol. The van der Waals surface area contributed by atoms with Gasteiger partial charge in [-0.15, -0.1) is 0 Å². The predicted octanol–water partition coefficient (Wildman–Crippen LogP) is 3.72. The zero-order valence-electron chi connectivity index (χ0n) is 13.5. The second kappa shape index (κ2) is 5.96. The first-order valence-electron chi connectivity index (χ1n) is 7.77. The first-order chi connectivity index (χ1) is 11.3. The Hall–Kier alpha value is -2.31. The van der Waals surface area contributed by atoms with Crippen molar-refractivity contribution in [2.24, 2.45) is 7.05 Å². The molecule has 0 spiro atoms. The van der Waals surface area contributed by atoms with E-state index in [0.29, 0.717) is 6.54 Å². The lowest BCUT2D eigenvalue weighted by Crippen LogP contribution is -2.32. The first kappa shape index (κ1) is 16.5. The number of carbonyl (C=O) groups is 1. The van der Waals surface area contributed by atoms with Crippen molar-refractivity contribution >= 4 is 5.91 Å². The normalized spacial score (nSPS) is 18.2. The van der Waals surface area contributed by atoms with Crippen LogP contribution in [-0.4, -0.2) is 27.1 Å². The number of amides is 1. The van der Waals surface area contributed by atoms with Gasteiger partial charge in [0.05, 0.1) is 6.04 Å². The fourth-order valence-electron chi connectivity index (χ4n) is 3.25. The summed E-state index contributed by atoms with van der Waals surface area (Å²) in [5, 5.41) is 3.43. The molecular weight excluding hydrogens is 319 g/mol. The van der Waals surface area contributed by atoms with Gasteiger partial charge in [0.1, 0.15) is 5.69 Å². The van der Waals surface area contributed by atoms with Crippen molar-refractivity contribution in [3.63, 3.8) is 0 Å². The maximum atomic E-state index is 12.8. The first-order valence-corrected chi connectivity index (χ1v) is 7.77. The highest BCUT2D eigenvalue weighted by Crippen LogP contribution is 2.35. The van der Waals surface area contributed by atoms with Gasteiger partial charge in [0.2, 0.25) is 0 Å². The quantitative estimate of drug-likeness (QED) is 0.838. The van der Waals surface area contributed by atoms with Gasteiger partial charge in [-0.1, -0.05) is 24.3 Å². The molecule has 1 amide bonds. The zero-order chi connectivity index (χ0) is 17.5. The summed E-state index contributed by atoms with van der Waals surface area (Å²) in [4.78, 5) is 14.5. The van der Waals surface area contributed by atoms with Gasteiger partial charge in [-0.05, 0) is 30.9 Å². The highest BCUT2D eigenvalue weighted by molar-refractivity contribution is 5.93. The number of likely N-dealkylation sites (tertiary alicyclic amines) is 1. The average Bonchev–Trinajstić information content (AvgIpc) is 3.13. The van der Waals surface area contributed by atoms with E-state index in [1.807, 2.05) is 31.2 Å². The third-order valence-corrected chi connectivity index (χ3v) is 4.45. The smallest absolute Gasteiger partial charge is 0.330 e. The minimum absolute atomic E-state index is 0.0391. The van der Waals surface area contributed by atoms with Gasteiger partial charge >= 0.3 is 6.18 Å². The molecule has 0 saturated carbocycles. The Bertz CT molecular complexity index is 767. The number of hydrogen-bond donors (Lipinski definition) is 0. The molecule has 0 bridgehead atoms. The monoisotopic (exact) mass is 337 g/mol. The lowest BCUT2D eigenvalue weighted by atomic mass is 9.99. The highest BCUT2D eigenvalue weighted by atomic mass is 19.4. The minimum atomic E-state index is -4.56. The highest BCUT2D eigenvalue weighted by Gasteiger charge is 2.38. The number of rotatable bonds is 2. The molecule has 1 atom stereocenters. The molecule has 1 aromatic carbocycles. The topological polar surface area (TPSA) is 38.1 Å². The lowest BCUT2D eigenvalue weighted by molar-refractivity contribution is -0.141. The summed E-state index contributed by atoms with van der Waals surface area (Å²) in [5.41, 5.74) is 1.03. The van der Waals surface area contributed by atoms with E-state index < -0.39 is 17.8 Å². The number of hydrogen-bond acceptors (Lipinski definition) is 2. The number of halogens is 3. The Kier molecular flexibility index (Phi) is 4.11. The van der Waals surface area contributed by atoms with Crippen molar-refractivity contribution < 1.29 is 18.0 Å². The Balaban J connectivity index is 1.92. The third-order valence-electron chi connectivity index (χ3n) is 4.45. The van der Waals surface area contributed by atoms with Crippen LogP contribution in [0, 0.1) is 6.92 Å². The van der Waals surface area contributed by atoms with Gasteiger partial charge in [-0.2, -0.15) is 18.3 Å². The number of aromatic nitrogens is 2. The van der Waals surface area contributed by atoms with E-state index >= 15 is 0 Å². The van der Waals surface area contributed by atoms with Gasteiger partial charge in [-0.3, -0.25) is 9.48 Å². The van der Waals surface area contributed by atoms with Crippen LogP contribution in [0.3, 0.4) is 0 Å². The summed E-state index contributed by atoms with van der Waals surface area (Å²) in [6, 6.07) is 8.50. The zero-order valence-corrected chi connectivity index (χ0v) is 13.5. The molecule has 3 rings (SSSR count). The molecule has 1 aromatic heterocycles. The van der Waals surface area contributed by atoms with E-state index in [1.54, 1.807) is 4.90 Å². The van der Waals surface area contributed by atoms with E-state index in [0.717, 1.165) is 34.7 Å². The van der Waals surface area contributed by atoms with Crippen LogP contribution in [0.5, 0.6) is 0 Å². The molecule has 0 aliphatic carbocycles. The van der Waals surface area contributed by atoms with Crippen LogP contribution in [0.4, 0.5) is 13.2 Å². The van der Waals surface area contributed by atoms with Crippen LogP contribution in [0.25, 0.3) is 0 Å². The summed E-state index contributed by atoms with van der Waals surface area (Å²) in [6.45, 7) is 2.51. The Morgan fingerprint density at radius 1 is 1.29 bits per heavy atom. The maximum Gasteiger partial charge on any atom is 0.435 e. The van der Waals surface area contributed by atoms with E-state index in [4.69, 9.17) is 0 Å².